The second-order valence-electron chi connectivity index (χ2n) is 7.74. The zero-order valence-electron chi connectivity index (χ0n) is 16.5. The molecule has 1 aliphatic heterocycles. The van der Waals surface area contributed by atoms with Crippen molar-refractivity contribution in [1.29, 1.82) is 5.26 Å². The van der Waals surface area contributed by atoms with Gasteiger partial charge in [0, 0.05) is 5.92 Å². The molecule has 0 aliphatic carbocycles. The highest BCUT2D eigenvalue weighted by atomic mass is 16.5. The maximum atomic E-state index is 8.92. The van der Waals surface area contributed by atoms with Gasteiger partial charge in [-0.3, -0.25) is 0 Å². The summed E-state index contributed by atoms with van der Waals surface area (Å²) in [6, 6.07) is 18.8. The van der Waals surface area contributed by atoms with Crippen molar-refractivity contribution in [3.8, 4) is 17.2 Å². The van der Waals surface area contributed by atoms with Gasteiger partial charge >= 0.3 is 0 Å². The molecule has 3 rings (SSSR count). The molecule has 0 saturated carbocycles. The number of benzene rings is 2. The summed E-state index contributed by atoms with van der Waals surface area (Å²) in [7, 11) is 0. The lowest BCUT2D eigenvalue weighted by Crippen LogP contribution is -2.24. The molecule has 0 aromatic heterocycles. The highest BCUT2D eigenvalue weighted by Gasteiger charge is 2.22. The van der Waals surface area contributed by atoms with Crippen molar-refractivity contribution in [2.45, 2.75) is 70.3 Å². The Labute approximate surface area is 164 Å². The van der Waals surface area contributed by atoms with E-state index in [4.69, 9.17) is 10.00 Å². The molecule has 0 amide bonds. The van der Waals surface area contributed by atoms with Crippen molar-refractivity contribution in [2.75, 3.05) is 6.61 Å². The largest absolute Gasteiger partial charge is 0.378 e. The van der Waals surface area contributed by atoms with Crippen LogP contribution in [0.2, 0.25) is 0 Å². The summed E-state index contributed by atoms with van der Waals surface area (Å²) in [4.78, 5) is 0. The Morgan fingerprint density at radius 3 is 2.15 bits per heavy atom. The smallest absolute Gasteiger partial charge is 0.0991 e. The summed E-state index contributed by atoms with van der Waals surface area (Å²) in [5.74, 6) is 0.524. The molecular weight excluding hydrogens is 330 g/mol. The maximum Gasteiger partial charge on any atom is 0.0991 e. The van der Waals surface area contributed by atoms with Crippen molar-refractivity contribution in [3.05, 3.63) is 59.7 Å². The molecule has 1 aliphatic rings. The van der Waals surface area contributed by atoms with Crippen molar-refractivity contribution in [2.24, 2.45) is 0 Å². The molecule has 2 heteroatoms. The van der Waals surface area contributed by atoms with Gasteiger partial charge in [0.05, 0.1) is 24.3 Å². The molecule has 0 spiro atoms. The zero-order chi connectivity index (χ0) is 18.9. The predicted molar refractivity (Wildman–Crippen MR) is 112 cm³/mol. The third-order valence-electron chi connectivity index (χ3n) is 5.73. The Bertz CT molecular complexity index is 718. The Morgan fingerprint density at radius 1 is 0.889 bits per heavy atom. The average Bonchev–Trinajstić information content (AvgIpc) is 2.74. The van der Waals surface area contributed by atoms with E-state index in [1.165, 1.54) is 62.5 Å². The normalized spacial score (nSPS) is 19.6. The molecule has 0 N–H and O–H groups in total. The van der Waals surface area contributed by atoms with E-state index < -0.39 is 0 Å². The van der Waals surface area contributed by atoms with Gasteiger partial charge in [0.15, 0.2) is 0 Å². The molecule has 2 unspecified atom stereocenters. The van der Waals surface area contributed by atoms with Gasteiger partial charge in [-0.2, -0.15) is 5.26 Å². The van der Waals surface area contributed by atoms with Crippen molar-refractivity contribution in [1.82, 2.24) is 0 Å². The Hall–Kier alpha value is -2.11. The van der Waals surface area contributed by atoms with Crippen molar-refractivity contribution >= 4 is 0 Å². The molecule has 142 valence electrons. The van der Waals surface area contributed by atoms with Gasteiger partial charge < -0.3 is 4.74 Å². The molecule has 1 fully saturated rings. The molecule has 27 heavy (non-hydrogen) atoms. The van der Waals surface area contributed by atoms with Crippen LogP contribution in [0.3, 0.4) is 0 Å². The first-order valence-electron chi connectivity index (χ1n) is 10.5. The summed E-state index contributed by atoms with van der Waals surface area (Å²) in [6.45, 7) is 3.12. The van der Waals surface area contributed by atoms with Crippen LogP contribution in [-0.4, -0.2) is 12.7 Å². The van der Waals surface area contributed by atoms with Crippen LogP contribution >= 0.6 is 0 Å². The summed E-state index contributed by atoms with van der Waals surface area (Å²) in [5, 5.41) is 8.92. The third-order valence-corrected chi connectivity index (χ3v) is 5.73. The van der Waals surface area contributed by atoms with Gasteiger partial charge in [-0.05, 0) is 48.1 Å². The maximum absolute atomic E-state index is 8.92. The first-order chi connectivity index (χ1) is 13.3. The quantitative estimate of drug-likeness (QED) is 0.482. The zero-order valence-corrected chi connectivity index (χ0v) is 16.5. The summed E-state index contributed by atoms with van der Waals surface area (Å²) < 4.78 is 6.16. The van der Waals surface area contributed by atoms with E-state index >= 15 is 0 Å². The van der Waals surface area contributed by atoms with Crippen LogP contribution in [0.25, 0.3) is 11.1 Å². The molecule has 1 saturated heterocycles. The van der Waals surface area contributed by atoms with Crippen molar-refractivity contribution in [3.63, 3.8) is 0 Å². The van der Waals surface area contributed by atoms with E-state index in [2.05, 4.69) is 37.3 Å². The lowest BCUT2D eigenvalue weighted by Gasteiger charge is -2.29. The fourth-order valence-electron chi connectivity index (χ4n) is 3.96. The summed E-state index contributed by atoms with van der Waals surface area (Å²) in [6.07, 6.45) is 10.8. The molecular formula is C25H31NO. The molecule has 0 radical (unpaired) electrons. The number of nitriles is 1. The fourth-order valence-corrected chi connectivity index (χ4v) is 3.96. The Balaban J connectivity index is 1.48. The first-order valence-corrected chi connectivity index (χ1v) is 10.5. The van der Waals surface area contributed by atoms with Gasteiger partial charge in [-0.25, -0.2) is 0 Å². The third kappa shape index (κ3) is 5.68. The van der Waals surface area contributed by atoms with Crippen molar-refractivity contribution < 1.29 is 4.74 Å². The number of hydrogen-bond donors (Lipinski definition) is 0. The standard InChI is InChI=1S/C25H31NO/c1-2-3-4-5-6-7-25-17-16-24(19-27-25)23-14-12-22(13-15-23)21-10-8-20(18-26)9-11-21/h8-15,24-25H,2-7,16-17,19H2,1H3. The van der Waals surface area contributed by atoms with E-state index in [0.29, 0.717) is 17.6 Å². The second kappa shape index (κ2) is 10.3. The minimum Gasteiger partial charge on any atom is -0.378 e. The average molecular weight is 362 g/mol. The monoisotopic (exact) mass is 361 g/mol. The fraction of sp³-hybridized carbons (Fsp3) is 0.480. The van der Waals surface area contributed by atoms with Gasteiger partial charge in [0.2, 0.25) is 0 Å². The van der Waals surface area contributed by atoms with Crippen LogP contribution in [0, 0.1) is 11.3 Å². The summed E-state index contributed by atoms with van der Waals surface area (Å²) in [5.41, 5.74) is 4.44. The highest BCUT2D eigenvalue weighted by Crippen LogP contribution is 2.31. The Kier molecular flexibility index (Phi) is 7.48. The second-order valence-corrected chi connectivity index (χ2v) is 7.74. The predicted octanol–water partition coefficient (Wildman–Crippen LogP) is 6.85. The van der Waals surface area contributed by atoms with Crippen LogP contribution in [0.1, 0.15) is 75.3 Å². The van der Waals surface area contributed by atoms with Crippen LogP contribution < -0.4 is 0 Å². The minimum atomic E-state index is 0.473. The number of unbranched alkanes of at least 4 members (excludes halogenated alkanes) is 4. The number of ether oxygens (including phenoxy) is 1. The summed E-state index contributed by atoms with van der Waals surface area (Å²) >= 11 is 0. The highest BCUT2D eigenvalue weighted by molar-refractivity contribution is 5.64. The Morgan fingerprint density at radius 2 is 1.56 bits per heavy atom. The topological polar surface area (TPSA) is 33.0 Å². The number of rotatable bonds is 8. The van der Waals surface area contributed by atoms with Gasteiger partial charge in [-0.1, -0.05) is 75.4 Å². The minimum absolute atomic E-state index is 0.473. The molecule has 1 heterocycles. The van der Waals surface area contributed by atoms with Gasteiger partial charge in [0.25, 0.3) is 0 Å². The molecule has 2 aromatic rings. The lowest BCUT2D eigenvalue weighted by molar-refractivity contribution is -0.00213. The van der Waals surface area contributed by atoms with Crippen LogP contribution in [0.4, 0.5) is 0 Å². The SMILES string of the molecule is CCCCCCCC1CCC(c2ccc(-c3ccc(C#N)cc3)cc2)CO1. The van der Waals surface area contributed by atoms with E-state index in [1.807, 2.05) is 24.3 Å². The molecule has 2 aromatic carbocycles. The van der Waals surface area contributed by atoms with E-state index in [0.717, 1.165) is 12.2 Å². The number of hydrogen-bond acceptors (Lipinski definition) is 2. The van der Waals surface area contributed by atoms with Crippen LogP contribution in [0.15, 0.2) is 48.5 Å². The van der Waals surface area contributed by atoms with E-state index in [1.54, 1.807) is 0 Å². The van der Waals surface area contributed by atoms with E-state index in [-0.39, 0.29) is 0 Å². The molecule has 0 bridgehead atoms. The number of nitrogens with zero attached hydrogens (tertiary/aromatic N) is 1. The van der Waals surface area contributed by atoms with Crippen LogP contribution in [-0.2, 0) is 4.74 Å². The van der Waals surface area contributed by atoms with Gasteiger partial charge in [-0.15, -0.1) is 0 Å². The van der Waals surface area contributed by atoms with Crippen LogP contribution in [0.5, 0.6) is 0 Å². The molecule has 2 atom stereocenters. The van der Waals surface area contributed by atoms with Gasteiger partial charge in [0.1, 0.15) is 0 Å². The lowest BCUT2D eigenvalue weighted by atomic mass is 9.89. The molecule has 2 nitrogen and oxygen atoms in total. The van der Waals surface area contributed by atoms with E-state index in [9.17, 15) is 0 Å². The first kappa shape index (κ1) is 19.6.